The Labute approximate surface area is 82.6 Å². The first kappa shape index (κ1) is 8.87. The molecule has 0 bridgehead atoms. The topological polar surface area (TPSA) is 43.6 Å². The number of benzene rings is 1. The first-order valence-electron chi connectivity index (χ1n) is 4.61. The minimum Gasteiger partial charge on any atom is -0.164 e. The van der Waals surface area contributed by atoms with E-state index < -0.39 is 0 Å². The van der Waals surface area contributed by atoms with E-state index in [2.05, 4.69) is 46.6 Å². The third-order valence-electron chi connectivity index (χ3n) is 2.11. The van der Waals surface area contributed by atoms with Crippen LogP contribution in [0, 0.1) is 6.92 Å². The zero-order valence-electron chi connectivity index (χ0n) is 8.09. The van der Waals surface area contributed by atoms with Gasteiger partial charge in [-0.25, -0.2) is 0 Å². The molecule has 14 heavy (non-hydrogen) atoms. The van der Waals surface area contributed by atoms with Crippen molar-refractivity contribution in [3.63, 3.8) is 0 Å². The first-order valence-corrected chi connectivity index (χ1v) is 4.61. The van der Waals surface area contributed by atoms with E-state index in [9.17, 15) is 0 Å². The third-order valence-corrected chi connectivity index (χ3v) is 2.11. The van der Waals surface area contributed by atoms with Crippen molar-refractivity contribution in [3.05, 3.63) is 41.7 Å². The van der Waals surface area contributed by atoms with Crippen molar-refractivity contribution in [2.45, 2.75) is 19.9 Å². The zero-order valence-corrected chi connectivity index (χ0v) is 8.09. The molecule has 0 atom stereocenters. The highest BCUT2D eigenvalue weighted by molar-refractivity contribution is 5.21. The number of rotatable bonds is 3. The van der Waals surface area contributed by atoms with E-state index in [0.717, 1.165) is 13.0 Å². The van der Waals surface area contributed by atoms with Gasteiger partial charge in [0.1, 0.15) is 0 Å². The van der Waals surface area contributed by atoms with Crippen LogP contribution in [0.1, 0.15) is 11.1 Å². The summed E-state index contributed by atoms with van der Waals surface area (Å²) in [6.07, 6.45) is 2.39. The SMILES string of the molecule is Cc1ccc(CCn2ncnn2)cc1. The lowest BCUT2D eigenvalue weighted by Gasteiger charge is -2.00. The molecule has 0 aliphatic heterocycles. The lowest BCUT2D eigenvalue weighted by atomic mass is 10.1. The van der Waals surface area contributed by atoms with E-state index in [1.165, 1.54) is 17.5 Å². The molecule has 0 aliphatic rings. The fourth-order valence-corrected chi connectivity index (χ4v) is 1.27. The average molecular weight is 188 g/mol. The Hall–Kier alpha value is -1.71. The molecule has 0 saturated carbocycles. The minimum absolute atomic E-state index is 0.781. The molecule has 0 radical (unpaired) electrons. The van der Waals surface area contributed by atoms with Crippen LogP contribution in [0.2, 0.25) is 0 Å². The second-order valence-electron chi connectivity index (χ2n) is 3.27. The quantitative estimate of drug-likeness (QED) is 0.727. The predicted octanol–water partition coefficient (Wildman–Crippen LogP) is 1.22. The minimum atomic E-state index is 0.781. The molecule has 0 amide bonds. The van der Waals surface area contributed by atoms with Gasteiger partial charge in [-0.15, -0.1) is 10.2 Å². The Morgan fingerprint density at radius 3 is 2.64 bits per heavy atom. The molecule has 4 heteroatoms. The van der Waals surface area contributed by atoms with E-state index >= 15 is 0 Å². The van der Waals surface area contributed by atoms with Gasteiger partial charge >= 0.3 is 0 Å². The van der Waals surface area contributed by atoms with Gasteiger partial charge < -0.3 is 0 Å². The monoisotopic (exact) mass is 188 g/mol. The van der Waals surface area contributed by atoms with Crippen LogP contribution in [0.3, 0.4) is 0 Å². The van der Waals surface area contributed by atoms with E-state index in [-0.39, 0.29) is 0 Å². The molecule has 2 rings (SSSR count). The van der Waals surface area contributed by atoms with Crippen LogP contribution in [0.15, 0.2) is 30.6 Å². The summed E-state index contributed by atoms with van der Waals surface area (Å²) in [7, 11) is 0. The van der Waals surface area contributed by atoms with E-state index in [0.29, 0.717) is 0 Å². The summed E-state index contributed by atoms with van der Waals surface area (Å²) in [5, 5.41) is 11.4. The maximum Gasteiger partial charge on any atom is 0.162 e. The molecular formula is C10H12N4. The van der Waals surface area contributed by atoms with Crippen LogP contribution < -0.4 is 0 Å². The molecule has 0 fully saturated rings. The van der Waals surface area contributed by atoms with Crippen LogP contribution >= 0.6 is 0 Å². The van der Waals surface area contributed by atoms with E-state index in [1.807, 2.05) is 0 Å². The highest BCUT2D eigenvalue weighted by Gasteiger charge is 1.95. The van der Waals surface area contributed by atoms with Crippen molar-refractivity contribution < 1.29 is 0 Å². The number of aryl methyl sites for hydroxylation is 3. The number of hydrogen-bond acceptors (Lipinski definition) is 3. The number of hydrogen-bond donors (Lipinski definition) is 0. The van der Waals surface area contributed by atoms with Crippen molar-refractivity contribution in [1.29, 1.82) is 0 Å². The summed E-state index contributed by atoms with van der Waals surface area (Å²) in [4.78, 5) is 1.60. The van der Waals surface area contributed by atoms with Gasteiger partial charge in [0.05, 0.1) is 6.54 Å². The standard InChI is InChI=1S/C10H12N4/c1-9-2-4-10(5-3-9)6-7-14-12-8-11-13-14/h2-5,8H,6-7H2,1H3. The predicted molar refractivity (Wildman–Crippen MR) is 52.7 cm³/mol. The Balaban J connectivity index is 1.95. The van der Waals surface area contributed by atoms with Gasteiger partial charge in [-0.3, -0.25) is 0 Å². The van der Waals surface area contributed by atoms with Crippen LogP contribution in [0.4, 0.5) is 0 Å². The van der Waals surface area contributed by atoms with E-state index in [1.54, 1.807) is 4.80 Å². The summed E-state index contributed by atoms with van der Waals surface area (Å²) in [5.41, 5.74) is 2.58. The summed E-state index contributed by atoms with van der Waals surface area (Å²) in [5.74, 6) is 0. The van der Waals surface area contributed by atoms with Gasteiger partial charge in [0.15, 0.2) is 6.33 Å². The smallest absolute Gasteiger partial charge is 0.162 e. The molecule has 1 aromatic heterocycles. The van der Waals surface area contributed by atoms with Crippen LogP contribution in [-0.2, 0) is 13.0 Å². The molecule has 0 unspecified atom stereocenters. The number of aromatic nitrogens is 4. The third kappa shape index (κ3) is 2.16. The molecule has 1 aromatic carbocycles. The summed E-state index contributed by atoms with van der Waals surface area (Å²) < 4.78 is 0. The Morgan fingerprint density at radius 1 is 1.21 bits per heavy atom. The Kier molecular flexibility index (Phi) is 2.53. The molecule has 0 aliphatic carbocycles. The van der Waals surface area contributed by atoms with Crippen LogP contribution in [0.5, 0.6) is 0 Å². The van der Waals surface area contributed by atoms with Gasteiger partial charge in [0.2, 0.25) is 0 Å². The zero-order chi connectivity index (χ0) is 9.80. The fourth-order valence-electron chi connectivity index (χ4n) is 1.27. The second kappa shape index (κ2) is 4.00. The average Bonchev–Trinajstić information content (AvgIpc) is 2.70. The van der Waals surface area contributed by atoms with Crippen molar-refractivity contribution in [1.82, 2.24) is 20.2 Å². The molecule has 72 valence electrons. The van der Waals surface area contributed by atoms with Crippen molar-refractivity contribution >= 4 is 0 Å². The van der Waals surface area contributed by atoms with Crippen LogP contribution in [0.25, 0.3) is 0 Å². The van der Waals surface area contributed by atoms with Gasteiger partial charge in [0.25, 0.3) is 0 Å². The van der Waals surface area contributed by atoms with Crippen LogP contribution in [-0.4, -0.2) is 20.2 Å². The first-order chi connectivity index (χ1) is 6.84. The molecule has 2 aromatic rings. The molecule has 1 heterocycles. The van der Waals surface area contributed by atoms with Crippen molar-refractivity contribution in [2.24, 2.45) is 0 Å². The van der Waals surface area contributed by atoms with Gasteiger partial charge in [-0.2, -0.15) is 4.80 Å². The Bertz CT molecular complexity index is 377. The highest BCUT2D eigenvalue weighted by Crippen LogP contribution is 2.04. The maximum absolute atomic E-state index is 3.94. The summed E-state index contributed by atoms with van der Waals surface area (Å²) >= 11 is 0. The lowest BCUT2D eigenvalue weighted by Crippen LogP contribution is -2.05. The van der Waals surface area contributed by atoms with Gasteiger partial charge in [0, 0.05) is 0 Å². The largest absolute Gasteiger partial charge is 0.164 e. The van der Waals surface area contributed by atoms with E-state index in [4.69, 9.17) is 0 Å². The lowest BCUT2D eigenvalue weighted by molar-refractivity contribution is 0.522. The molecule has 0 saturated heterocycles. The normalized spacial score (nSPS) is 10.4. The van der Waals surface area contributed by atoms with Crippen molar-refractivity contribution in [3.8, 4) is 0 Å². The maximum atomic E-state index is 3.94. The summed E-state index contributed by atoms with van der Waals surface area (Å²) in [6, 6.07) is 8.49. The molecule has 0 spiro atoms. The molecule has 4 nitrogen and oxygen atoms in total. The van der Waals surface area contributed by atoms with Crippen molar-refractivity contribution in [2.75, 3.05) is 0 Å². The second-order valence-corrected chi connectivity index (χ2v) is 3.27. The van der Waals surface area contributed by atoms with Gasteiger partial charge in [-0.05, 0) is 24.1 Å². The Morgan fingerprint density at radius 2 is 2.00 bits per heavy atom. The summed E-state index contributed by atoms with van der Waals surface area (Å²) in [6.45, 7) is 2.87. The number of tetrazole rings is 1. The fraction of sp³-hybridized carbons (Fsp3) is 0.300. The molecule has 0 N–H and O–H groups in total. The molecular weight excluding hydrogens is 176 g/mol. The van der Waals surface area contributed by atoms with Gasteiger partial charge in [-0.1, -0.05) is 29.8 Å². The highest BCUT2D eigenvalue weighted by atomic mass is 15.6. The number of nitrogens with zero attached hydrogens (tertiary/aromatic N) is 4.